The van der Waals surface area contributed by atoms with Gasteiger partial charge in [-0.2, -0.15) is 0 Å². The number of carbonyl (C=O) groups is 1. The number of ketones is 1. The summed E-state index contributed by atoms with van der Waals surface area (Å²) in [6.45, 7) is 1.07. The topological polar surface area (TPSA) is 32.3 Å². The lowest BCUT2D eigenvalue weighted by Gasteiger charge is -2.21. The van der Waals surface area contributed by atoms with Gasteiger partial charge in [-0.1, -0.05) is 12.2 Å². The Morgan fingerprint density at radius 3 is 2.62 bits per heavy atom. The van der Waals surface area contributed by atoms with E-state index in [4.69, 9.17) is 12.2 Å². The molecule has 0 bridgehead atoms. The first-order valence-electron chi connectivity index (χ1n) is 4.94. The van der Waals surface area contributed by atoms with Crippen molar-refractivity contribution >= 4 is 28.7 Å². The van der Waals surface area contributed by atoms with E-state index in [0.717, 1.165) is 5.69 Å². The van der Waals surface area contributed by atoms with Gasteiger partial charge in [-0.25, -0.2) is 4.39 Å². The fourth-order valence-electron chi connectivity index (χ4n) is 1.59. The van der Waals surface area contributed by atoms with Gasteiger partial charge in [0.05, 0.1) is 24.6 Å². The van der Waals surface area contributed by atoms with Gasteiger partial charge in [0.25, 0.3) is 0 Å². The third-order valence-electron chi connectivity index (χ3n) is 2.38. The number of benzene rings is 1. The maximum atomic E-state index is 12.8. The van der Waals surface area contributed by atoms with Crippen LogP contribution in [0.5, 0.6) is 0 Å². The lowest BCUT2D eigenvalue weighted by Crippen LogP contribution is -2.32. The minimum atomic E-state index is -0.286. The molecule has 2 rings (SSSR count). The van der Waals surface area contributed by atoms with Crippen LogP contribution in [0.1, 0.15) is 0 Å². The molecule has 1 aromatic rings. The maximum Gasteiger partial charge on any atom is 0.171 e. The second-order valence-corrected chi connectivity index (χ2v) is 4.14. The molecule has 3 nitrogen and oxygen atoms in total. The van der Waals surface area contributed by atoms with Gasteiger partial charge in [-0.15, -0.1) is 0 Å². The molecule has 0 spiro atoms. The van der Waals surface area contributed by atoms with E-state index in [1.807, 2.05) is 4.90 Å². The lowest BCUT2D eigenvalue weighted by atomic mass is 10.2. The minimum absolute atomic E-state index is 0.0733. The normalized spacial score (nSPS) is 16.9. The van der Waals surface area contributed by atoms with Crippen LogP contribution < -0.4 is 10.2 Å². The summed E-state index contributed by atoms with van der Waals surface area (Å²) in [6, 6.07) is 6.05. The lowest BCUT2D eigenvalue weighted by molar-refractivity contribution is -0.116. The van der Waals surface area contributed by atoms with Gasteiger partial charge in [-0.3, -0.25) is 4.79 Å². The number of hydrogen-bond donors (Lipinski definition) is 1. The van der Waals surface area contributed by atoms with Gasteiger partial charge < -0.3 is 10.2 Å². The van der Waals surface area contributed by atoms with Crippen LogP contribution in [0.4, 0.5) is 10.1 Å². The van der Waals surface area contributed by atoms with Crippen LogP contribution >= 0.6 is 12.2 Å². The van der Waals surface area contributed by atoms with Crippen molar-refractivity contribution in [3.8, 4) is 0 Å². The molecule has 0 unspecified atom stereocenters. The standard InChI is InChI=1S/C11H11FN2OS/c12-8-1-3-9(4-2-8)14-6-10(15)5-13-11(16)7-14/h1-4H,5-7H2,(H,13,16). The van der Waals surface area contributed by atoms with E-state index >= 15 is 0 Å². The summed E-state index contributed by atoms with van der Waals surface area (Å²) < 4.78 is 12.8. The summed E-state index contributed by atoms with van der Waals surface area (Å²) in [5, 5.41) is 2.87. The third-order valence-corrected chi connectivity index (χ3v) is 2.65. The van der Waals surface area contributed by atoms with Crippen molar-refractivity contribution < 1.29 is 9.18 Å². The number of nitrogens with zero attached hydrogens (tertiary/aromatic N) is 1. The molecule has 1 aromatic carbocycles. The highest BCUT2D eigenvalue weighted by atomic mass is 32.1. The summed E-state index contributed by atoms with van der Waals surface area (Å²) >= 11 is 5.07. The Labute approximate surface area is 98.2 Å². The Hall–Kier alpha value is -1.49. The van der Waals surface area contributed by atoms with Crippen molar-refractivity contribution in [3.05, 3.63) is 30.1 Å². The summed E-state index contributed by atoms with van der Waals surface area (Å²) in [5.41, 5.74) is 0.806. The number of anilines is 1. The highest BCUT2D eigenvalue weighted by molar-refractivity contribution is 7.80. The number of halogens is 1. The molecule has 0 atom stereocenters. The molecular formula is C11H11FN2OS. The molecule has 0 saturated carbocycles. The van der Waals surface area contributed by atoms with Gasteiger partial charge in [0.1, 0.15) is 5.82 Å². The number of thiocarbonyl (C=S) groups is 1. The van der Waals surface area contributed by atoms with Gasteiger partial charge in [-0.05, 0) is 24.3 Å². The maximum absolute atomic E-state index is 12.8. The number of nitrogens with one attached hydrogen (secondary N) is 1. The molecule has 0 radical (unpaired) electrons. The van der Waals surface area contributed by atoms with Gasteiger partial charge in [0.15, 0.2) is 5.78 Å². The fraction of sp³-hybridized carbons (Fsp3) is 0.273. The predicted molar refractivity (Wildman–Crippen MR) is 64.2 cm³/mol. The molecule has 1 fully saturated rings. The molecule has 16 heavy (non-hydrogen) atoms. The molecular weight excluding hydrogens is 227 g/mol. The van der Waals surface area contributed by atoms with Crippen LogP contribution in [0.3, 0.4) is 0 Å². The van der Waals surface area contributed by atoms with E-state index in [2.05, 4.69) is 5.32 Å². The number of Topliss-reactive ketones (excluding diaryl/α,β-unsaturated/α-hetero) is 1. The van der Waals surface area contributed by atoms with Crippen molar-refractivity contribution in [2.75, 3.05) is 24.5 Å². The second-order valence-electron chi connectivity index (χ2n) is 3.65. The van der Waals surface area contributed by atoms with Crippen LogP contribution in [0.15, 0.2) is 24.3 Å². The van der Waals surface area contributed by atoms with E-state index in [1.165, 1.54) is 12.1 Å². The van der Waals surface area contributed by atoms with Crippen LogP contribution in [0.25, 0.3) is 0 Å². The second kappa shape index (κ2) is 4.57. The van der Waals surface area contributed by atoms with Gasteiger partial charge in [0, 0.05) is 5.69 Å². The Balaban J connectivity index is 2.21. The molecule has 1 N–H and O–H groups in total. The molecule has 1 aliphatic heterocycles. The molecule has 0 amide bonds. The van der Waals surface area contributed by atoms with Crippen molar-refractivity contribution in [3.63, 3.8) is 0 Å². The molecule has 84 valence electrons. The first-order chi connectivity index (χ1) is 7.65. The van der Waals surface area contributed by atoms with Crippen LogP contribution in [-0.2, 0) is 4.79 Å². The molecule has 1 aliphatic rings. The third kappa shape index (κ3) is 2.55. The smallest absolute Gasteiger partial charge is 0.171 e. The minimum Gasteiger partial charge on any atom is -0.371 e. The number of rotatable bonds is 1. The summed E-state index contributed by atoms with van der Waals surface area (Å²) in [7, 11) is 0. The van der Waals surface area contributed by atoms with E-state index in [1.54, 1.807) is 12.1 Å². The van der Waals surface area contributed by atoms with E-state index in [0.29, 0.717) is 18.1 Å². The zero-order valence-corrected chi connectivity index (χ0v) is 9.39. The first kappa shape index (κ1) is 11.0. The highest BCUT2D eigenvalue weighted by Crippen LogP contribution is 2.15. The monoisotopic (exact) mass is 238 g/mol. The average Bonchev–Trinajstić information content (AvgIpc) is 2.42. The number of hydrogen-bond acceptors (Lipinski definition) is 3. The molecule has 0 aromatic heterocycles. The summed E-state index contributed by atoms with van der Waals surface area (Å²) in [4.78, 5) is 13.9. The van der Waals surface area contributed by atoms with Crippen LogP contribution in [0, 0.1) is 5.82 Å². The SMILES string of the molecule is O=C1CNC(=S)CN(c2ccc(F)cc2)C1. The van der Waals surface area contributed by atoms with Gasteiger partial charge >= 0.3 is 0 Å². The molecule has 1 heterocycles. The zero-order valence-electron chi connectivity index (χ0n) is 8.57. The van der Waals surface area contributed by atoms with Crippen molar-refractivity contribution in [1.82, 2.24) is 5.32 Å². The molecule has 5 heteroatoms. The summed E-state index contributed by atoms with van der Waals surface area (Å²) in [5.74, 6) is -0.213. The quantitative estimate of drug-likeness (QED) is 0.743. The Morgan fingerprint density at radius 2 is 1.94 bits per heavy atom. The van der Waals surface area contributed by atoms with Crippen molar-refractivity contribution in [2.24, 2.45) is 0 Å². The van der Waals surface area contributed by atoms with Crippen LogP contribution in [-0.4, -0.2) is 30.4 Å². The molecule has 0 aliphatic carbocycles. The number of carbonyl (C=O) groups excluding carboxylic acids is 1. The first-order valence-corrected chi connectivity index (χ1v) is 5.35. The Morgan fingerprint density at radius 1 is 1.25 bits per heavy atom. The predicted octanol–water partition coefficient (Wildman–Crippen LogP) is 1.13. The average molecular weight is 238 g/mol. The van der Waals surface area contributed by atoms with Crippen LogP contribution in [0.2, 0.25) is 0 Å². The van der Waals surface area contributed by atoms with E-state index < -0.39 is 0 Å². The van der Waals surface area contributed by atoms with Gasteiger partial charge in [0.2, 0.25) is 0 Å². The molecule has 1 saturated heterocycles. The zero-order chi connectivity index (χ0) is 11.5. The van der Waals surface area contributed by atoms with E-state index in [-0.39, 0.29) is 18.1 Å². The highest BCUT2D eigenvalue weighted by Gasteiger charge is 2.17. The Kier molecular flexibility index (Phi) is 3.14. The van der Waals surface area contributed by atoms with Crippen molar-refractivity contribution in [2.45, 2.75) is 0 Å². The van der Waals surface area contributed by atoms with E-state index in [9.17, 15) is 9.18 Å². The largest absolute Gasteiger partial charge is 0.371 e. The fourth-order valence-corrected chi connectivity index (χ4v) is 1.81. The summed E-state index contributed by atoms with van der Waals surface area (Å²) in [6.07, 6.45) is 0. The van der Waals surface area contributed by atoms with Crippen molar-refractivity contribution in [1.29, 1.82) is 0 Å². The Bertz CT molecular complexity index is 400.